The minimum atomic E-state index is -3.20. The Kier molecular flexibility index (Phi) is 9.26. The summed E-state index contributed by atoms with van der Waals surface area (Å²) in [6, 6.07) is 8.21. The predicted octanol–water partition coefficient (Wildman–Crippen LogP) is 3.94. The van der Waals surface area contributed by atoms with Gasteiger partial charge in [-0.15, -0.1) is 0 Å². The Morgan fingerprint density at radius 3 is 2.30 bits per heavy atom. The molecular weight excluding hydrogens is 308 g/mol. The number of hydrogen-bond donors (Lipinski definition) is 2. The van der Waals surface area contributed by atoms with E-state index in [1.165, 1.54) is 44.1 Å². The molecule has 0 aliphatic heterocycles. The van der Waals surface area contributed by atoms with Crippen LogP contribution in [0.25, 0.3) is 0 Å². The maximum Gasteiger partial charge on any atom is 0.229 e. The van der Waals surface area contributed by atoms with E-state index >= 15 is 0 Å². The van der Waals surface area contributed by atoms with E-state index in [1.54, 1.807) is 0 Å². The summed E-state index contributed by atoms with van der Waals surface area (Å²) in [5.41, 5.74) is 1.84. The van der Waals surface area contributed by atoms with Crippen LogP contribution in [-0.4, -0.2) is 27.3 Å². The summed E-state index contributed by atoms with van der Waals surface area (Å²) >= 11 is 0. The zero-order chi connectivity index (χ0) is 17.1. The lowest BCUT2D eigenvalue weighted by Gasteiger charge is -2.17. The van der Waals surface area contributed by atoms with Gasteiger partial charge in [-0.05, 0) is 43.5 Å². The maximum absolute atomic E-state index is 11.2. The van der Waals surface area contributed by atoms with Crippen molar-refractivity contribution in [1.82, 2.24) is 5.32 Å². The number of anilines is 1. The van der Waals surface area contributed by atoms with Crippen LogP contribution in [0.15, 0.2) is 24.3 Å². The number of rotatable bonds is 12. The molecule has 1 rings (SSSR count). The Labute approximate surface area is 142 Å². The fourth-order valence-electron chi connectivity index (χ4n) is 2.64. The highest BCUT2D eigenvalue weighted by Crippen LogP contribution is 2.12. The second kappa shape index (κ2) is 10.7. The molecule has 0 radical (unpaired) electrons. The molecule has 0 saturated heterocycles. The van der Waals surface area contributed by atoms with Crippen LogP contribution in [0.3, 0.4) is 0 Å². The van der Waals surface area contributed by atoms with Crippen molar-refractivity contribution >= 4 is 15.7 Å². The molecule has 1 atom stereocenters. The zero-order valence-electron chi connectivity index (χ0n) is 14.8. The van der Waals surface area contributed by atoms with Crippen LogP contribution >= 0.6 is 0 Å². The molecule has 1 aromatic rings. The molecule has 132 valence electrons. The van der Waals surface area contributed by atoms with E-state index in [-0.39, 0.29) is 0 Å². The lowest BCUT2D eigenvalue weighted by molar-refractivity contribution is 0.447. The summed E-state index contributed by atoms with van der Waals surface area (Å²) in [5.74, 6) is 0. The Balaban J connectivity index is 2.31. The van der Waals surface area contributed by atoms with Crippen molar-refractivity contribution in [3.8, 4) is 0 Å². The van der Waals surface area contributed by atoms with E-state index in [0.29, 0.717) is 11.7 Å². The molecular formula is C18H32N2O2S. The third-order valence-corrected chi connectivity index (χ3v) is 4.61. The number of unbranched alkanes of at least 4 members (excludes halogenated alkanes) is 3. The van der Waals surface area contributed by atoms with E-state index in [2.05, 4.69) is 23.9 Å². The topological polar surface area (TPSA) is 58.2 Å². The summed E-state index contributed by atoms with van der Waals surface area (Å²) in [7, 11) is -3.20. The molecule has 1 unspecified atom stereocenters. The van der Waals surface area contributed by atoms with Gasteiger partial charge in [0.05, 0.1) is 6.26 Å². The second-order valence-electron chi connectivity index (χ2n) is 6.23. The molecule has 0 fully saturated rings. The number of hydrogen-bond acceptors (Lipinski definition) is 3. The SMILES string of the molecule is CCCCCCC(CC)NCCc1ccc(NS(C)(=O)=O)cc1. The first-order chi connectivity index (χ1) is 10.9. The van der Waals surface area contributed by atoms with Gasteiger partial charge >= 0.3 is 0 Å². The van der Waals surface area contributed by atoms with E-state index in [9.17, 15) is 8.42 Å². The van der Waals surface area contributed by atoms with Crippen LogP contribution in [0.5, 0.6) is 0 Å². The fourth-order valence-corrected chi connectivity index (χ4v) is 3.21. The van der Waals surface area contributed by atoms with Crippen molar-refractivity contribution in [2.75, 3.05) is 17.5 Å². The molecule has 0 aromatic heterocycles. The highest BCUT2D eigenvalue weighted by Gasteiger charge is 2.05. The molecule has 0 aliphatic rings. The average Bonchev–Trinajstić information content (AvgIpc) is 2.50. The van der Waals surface area contributed by atoms with Crippen molar-refractivity contribution in [3.05, 3.63) is 29.8 Å². The normalized spacial score (nSPS) is 13.0. The standard InChI is InChI=1S/C18H32N2O2S/c1-4-6-7-8-9-17(5-2)19-15-14-16-10-12-18(13-11-16)20-23(3,21)22/h10-13,17,19-20H,4-9,14-15H2,1-3H3. The molecule has 0 amide bonds. The van der Waals surface area contributed by atoms with Gasteiger partial charge in [-0.1, -0.05) is 51.7 Å². The van der Waals surface area contributed by atoms with E-state index < -0.39 is 10.0 Å². The van der Waals surface area contributed by atoms with Gasteiger partial charge in [-0.3, -0.25) is 4.72 Å². The molecule has 4 nitrogen and oxygen atoms in total. The Bertz CT molecular complexity index is 526. The van der Waals surface area contributed by atoms with Crippen molar-refractivity contribution in [3.63, 3.8) is 0 Å². The van der Waals surface area contributed by atoms with Crippen LogP contribution in [0.1, 0.15) is 57.9 Å². The number of sulfonamides is 1. The first kappa shape index (κ1) is 20.0. The Hall–Kier alpha value is -1.07. The van der Waals surface area contributed by atoms with Crippen LogP contribution in [-0.2, 0) is 16.4 Å². The maximum atomic E-state index is 11.2. The molecule has 1 aromatic carbocycles. The third-order valence-electron chi connectivity index (χ3n) is 4.00. The summed E-state index contributed by atoms with van der Waals surface area (Å²) < 4.78 is 24.8. The molecule has 5 heteroatoms. The Morgan fingerprint density at radius 2 is 1.74 bits per heavy atom. The Morgan fingerprint density at radius 1 is 1.04 bits per heavy atom. The smallest absolute Gasteiger partial charge is 0.229 e. The van der Waals surface area contributed by atoms with Crippen molar-refractivity contribution in [2.24, 2.45) is 0 Å². The average molecular weight is 341 g/mol. The van der Waals surface area contributed by atoms with Crippen LogP contribution in [0.4, 0.5) is 5.69 Å². The van der Waals surface area contributed by atoms with Gasteiger partial charge in [0, 0.05) is 11.7 Å². The molecule has 2 N–H and O–H groups in total. The highest BCUT2D eigenvalue weighted by atomic mass is 32.2. The van der Waals surface area contributed by atoms with Crippen molar-refractivity contribution < 1.29 is 8.42 Å². The van der Waals surface area contributed by atoms with Crippen molar-refractivity contribution in [1.29, 1.82) is 0 Å². The summed E-state index contributed by atoms with van der Waals surface area (Å²) in [4.78, 5) is 0. The predicted molar refractivity (Wildman–Crippen MR) is 99.5 cm³/mol. The van der Waals surface area contributed by atoms with E-state index in [1.807, 2.05) is 24.3 Å². The van der Waals surface area contributed by atoms with E-state index in [0.717, 1.165) is 19.2 Å². The molecule has 0 aliphatic carbocycles. The molecule has 0 spiro atoms. The summed E-state index contributed by atoms with van der Waals surface area (Å²) in [6.07, 6.45) is 9.82. The van der Waals surface area contributed by atoms with Gasteiger partial charge in [-0.2, -0.15) is 0 Å². The van der Waals surface area contributed by atoms with Gasteiger partial charge in [0.25, 0.3) is 0 Å². The van der Waals surface area contributed by atoms with Gasteiger partial charge in [-0.25, -0.2) is 8.42 Å². The summed E-state index contributed by atoms with van der Waals surface area (Å²) in [6.45, 7) is 5.44. The third kappa shape index (κ3) is 9.61. The molecule has 0 heterocycles. The van der Waals surface area contributed by atoms with Crippen LogP contribution < -0.4 is 10.0 Å². The minimum Gasteiger partial charge on any atom is -0.314 e. The van der Waals surface area contributed by atoms with Gasteiger partial charge in [0.2, 0.25) is 10.0 Å². The fraction of sp³-hybridized carbons (Fsp3) is 0.667. The van der Waals surface area contributed by atoms with Gasteiger partial charge in [0.15, 0.2) is 0 Å². The molecule has 23 heavy (non-hydrogen) atoms. The quantitative estimate of drug-likeness (QED) is 0.567. The lowest BCUT2D eigenvalue weighted by atomic mass is 10.0. The highest BCUT2D eigenvalue weighted by molar-refractivity contribution is 7.92. The largest absolute Gasteiger partial charge is 0.314 e. The van der Waals surface area contributed by atoms with Crippen LogP contribution in [0.2, 0.25) is 0 Å². The van der Waals surface area contributed by atoms with Crippen molar-refractivity contribution in [2.45, 2.75) is 64.8 Å². The number of nitrogens with one attached hydrogen (secondary N) is 2. The lowest BCUT2D eigenvalue weighted by Crippen LogP contribution is -2.30. The first-order valence-corrected chi connectivity index (χ1v) is 10.6. The molecule has 0 saturated carbocycles. The zero-order valence-corrected chi connectivity index (χ0v) is 15.6. The summed E-state index contributed by atoms with van der Waals surface area (Å²) in [5, 5.41) is 3.64. The minimum absolute atomic E-state index is 0.609. The van der Waals surface area contributed by atoms with Gasteiger partial charge in [0.1, 0.15) is 0 Å². The number of benzene rings is 1. The van der Waals surface area contributed by atoms with Gasteiger partial charge < -0.3 is 5.32 Å². The van der Waals surface area contributed by atoms with E-state index in [4.69, 9.17) is 0 Å². The van der Waals surface area contributed by atoms with Crippen LogP contribution in [0, 0.1) is 0 Å². The monoisotopic (exact) mass is 340 g/mol. The second-order valence-corrected chi connectivity index (χ2v) is 7.98. The first-order valence-electron chi connectivity index (χ1n) is 8.74. The molecule has 0 bridgehead atoms.